The molecule has 8 rings (SSSR count). The number of rotatable bonds is 12. The molecule has 5 aromatic rings. The zero-order valence-electron chi connectivity index (χ0n) is 33.0. The molecular formula is C44H48F2N8O4S. The number of carbonyl (C=O) groups excluding carboxylic acids is 2. The molecule has 12 nitrogen and oxygen atoms in total. The molecule has 0 radical (unpaired) electrons. The number of aromatic nitrogens is 3. The lowest BCUT2D eigenvalue weighted by molar-refractivity contribution is -0.134. The Balaban J connectivity index is 0.878. The first-order valence-corrected chi connectivity index (χ1v) is 22.0. The zero-order chi connectivity index (χ0) is 41.1. The van der Waals surface area contributed by atoms with Gasteiger partial charge in [0.25, 0.3) is 0 Å². The Hall–Kier alpha value is -5.67. The average molecular weight is 823 g/mol. The number of sulfonamides is 1. The summed E-state index contributed by atoms with van der Waals surface area (Å²) >= 11 is 0. The van der Waals surface area contributed by atoms with E-state index < -0.39 is 21.8 Å². The van der Waals surface area contributed by atoms with Crippen molar-refractivity contribution in [1.29, 1.82) is 0 Å². The number of benzene rings is 3. The molecule has 3 aliphatic rings. The summed E-state index contributed by atoms with van der Waals surface area (Å²) in [6.45, 7) is 7.96. The van der Waals surface area contributed by atoms with E-state index in [1.54, 1.807) is 48.4 Å². The molecule has 5 heterocycles. The van der Waals surface area contributed by atoms with Crippen LogP contribution in [0.5, 0.6) is 0 Å². The molecule has 59 heavy (non-hydrogen) atoms. The van der Waals surface area contributed by atoms with Crippen molar-refractivity contribution < 1.29 is 26.8 Å². The zero-order valence-corrected chi connectivity index (χ0v) is 33.8. The van der Waals surface area contributed by atoms with E-state index in [0.717, 1.165) is 75.6 Å². The molecule has 3 aliphatic heterocycles. The lowest BCUT2D eigenvalue weighted by Crippen LogP contribution is -2.49. The Bertz CT molecular complexity index is 2410. The molecule has 308 valence electrons. The number of piperidine rings is 2. The summed E-state index contributed by atoms with van der Waals surface area (Å²) in [6, 6.07) is 21.5. The van der Waals surface area contributed by atoms with Crippen LogP contribution < -0.4 is 19.8 Å². The van der Waals surface area contributed by atoms with Crippen LogP contribution in [0.3, 0.4) is 0 Å². The van der Waals surface area contributed by atoms with Crippen molar-refractivity contribution in [2.24, 2.45) is 5.92 Å². The summed E-state index contributed by atoms with van der Waals surface area (Å²) < 4.78 is 60.4. The van der Waals surface area contributed by atoms with Crippen LogP contribution in [-0.2, 0) is 19.6 Å². The van der Waals surface area contributed by atoms with Gasteiger partial charge in [0.2, 0.25) is 21.8 Å². The van der Waals surface area contributed by atoms with Crippen LogP contribution in [0.2, 0.25) is 0 Å². The number of piperazine rings is 1. The van der Waals surface area contributed by atoms with Crippen molar-refractivity contribution in [2.45, 2.75) is 44.9 Å². The maximum Gasteiger partial charge on any atom is 0.234 e. The summed E-state index contributed by atoms with van der Waals surface area (Å²) in [4.78, 5) is 35.0. The molecular weight excluding hydrogens is 775 g/mol. The van der Waals surface area contributed by atoms with E-state index in [1.165, 1.54) is 12.1 Å². The number of hydrogen-bond acceptors (Lipinski definition) is 9. The first-order valence-electron chi connectivity index (χ1n) is 20.3. The Morgan fingerprint density at radius 2 is 1.56 bits per heavy atom. The topological polar surface area (TPSA) is 133 Å². The van der Waals surface area contributed by atoms with E-state index in [4.69, 9.17) is 5.10 Å². The first kappa shape index (κ1) is 40.1. The van der Waals surface area contributed by atoms with Gasteiger partial charge in [0, 0.05) is 93.2 Å². The quantitative estimate of drug-likeness (QED) is 0.134. The number of hydrogen-bond donors (Lipinski definition) is 2. The molecule has 0 spiro atoms. The van der Waals surface area contributed by atoms with Crippen LogP contribution in [0.25, 0.3) is 28.1 Å². The molecule has 0 bridgehead atoms. The minimum Gasteiger partial charge on any atom is -0.369 e. The highest BCUT2D eigenvalue weighted by atomic mass is 32.2. The molecule has 1 atom stereocenters. The average Bonchev–Trinajstić information content (AvgIpc) is 3.68. The van der Waals surface area contributed by atoms with E-state index in [2.05, 4.69) is 41.9 Å². The molecule has 0 unspecified atom stereocenters. The Morgan fingerprint density at radius 1 is 0.831 bits per heavy atom. The van der Waals surface area contributed by atoms with Crippen molar-refractivity contribution in [3.8, 4) is 28.1 Å². The van der Waals surface area contributed by atoms with Gasteiger partial charge >= 0.3 is 0 Å². The maximum atomic E-state index is 16.0. The normalized spacial score (nSPS) is 18.3. The molecule has 2 amide bonds. The van der Waals surface area contributed by atoms with Gasteiger partial charge < -0.3 is 9.80 Å². The van der Waals surface area contributed by atoms with Gasteiger partial charge in [0.05, 0.1) is 28.7 Å². The minimum absolute atomic E-state index is 0.108. The van der Waals surface area contributed by atoms with Crippen LogP contribution in [0.15, 0.2) is 91.4 Å². The molecule has 0 aliphatic carbocycles. The Kier molecular flexibility index (Phi) is 11.8. The van der Waals surface area contributed by atoms with Gasteiger partial charge in [-0.3, -0.25) is 29.5 Å². The van der Waals surface area contributed by atoms with E-state index in [9.17, 15) is 18.0 Å². The second kappa shape index (κ2) is 17.3. The molecule has 3 saturated heterocycles. The van der Waals surface area contributed by atoms with Gasteiger partial charge in [-0.1, -0.05) is 25.1 Å². The number of nitrogens with zero attached hydrogens (tertiary/aromatic N) is 6. The van der Waals surface area contributed by atoms with Crippen molar-refractivity contribution in [3.63, 3.8) is 0 Å². The second-order valence-electron chi connectivity index (χ2n) is 15.6. The van der Waals surface area contributed by atoms with Crippen molar-refractivity contribution in [3.05, 3.63) is 109 Å². The van der Waals surface area contributed by atoms with Crippen LogP contribution in [0.4, 0.5) is 25.8 Å². The second-order valence-corrected chi connectivity index (χ2v) is 17.5. The Morgan fingerprint density at radius 3 is 2.25 bits per heavy atom. The van der Waals surface area contributed by atoms with Gasteiger partial charge in [-0.25, -0.2) is 21.9 Å². The summed E-state index contributed by atoms with van der Waals surface area (Å²) in [5.74, 6) is -1.72. The number of imide groups is 1. The lowest BCUT2D eigenvalue weighted by Gasteiger charge is -2.40. The van der Waals surface area contributed by atoms with Crippen molar-refractivity contribution >= 4 is 38.9 Å². The maximum absolute atomic E-state index is 16.0. The molecule has 0 saturated carbocycles. The predicted octanol–water partition coefficient (Wildman–Crippen LogP) is 6.59. The molecule has 2 aromatic heterocycles. The smallest absolute Gasteiger partial charge is 0.234 e. The number of halogens is 2. The monoisotopic (exact) mass is 822 g/mol. The predicted molar refractivity (Wildman–Crippen MR) is 225 cm³/mol. The number of nitrogens with one attached hydrogen (secondary N) is 2. The Labute approximate surface area is 343 Å². The first-order chi connectivity index (χ1) is 28.5. The minimum atomic E-state index is -3.70. The standard InChI is InChI=1S/C44H48F2N8O4S/c1-2-26-59(57,58)50-39-5-3-4-36(42(39)46)37-29-54(49-43(37)31-14-18-47-19-15-31)34-9-7-33(8-10-34)52-24-22-51(23-25-52)28-30-16-20-53(21-17-30)40-12-6-32(27-38(40)45)35-11-13-41(55)48-44(35)56/h3-10,12,14-15,18-19,27,29-30,35,50H,2,11,13,16-17,20-26,28H2,1H3,(H,48,55,56)/t35-/m0/s1. The lowest BCUT2D eigenvalue weighted by atomic mass is 9.90. The van der Waals surface area contributed by atoms with E-state index >= 15 is 8.78 Å². The third-order valence-corrected chi connectivity index (χ3v) is 13.1. The molecule has 3 fully saturated rings. The summed E-state index contributed by atoms with van der Waals surface area (Å²) in [7, 11) is -3.70. The van der Waals surface area contributed by atoms with Crippen molar-refractivity contribution in [2.75, 3.05) is 66.1 Å². The molecule has 2 N–H and O–H groups in total. The number of carbonyl (C=O) groups is 2. The van der Waals surface area contributed by atoms with E-state index in [1.807, 2.05) is 30.3 Å². The third-order valence-electron chi connectivity index (χ3n) is 11.6. The fraction of sp³-hybridized carbons (Fsp3) is 0.364. The van der Waals surface area contributed by atoms with Gasteiger partial charge in [-0.15, -0.1) is 0 Å². The largest absolute Gasteiger partial charge is 0.369 e. The van der Waals surface area contributed by atoms with Gasteiger partial charge in [-0.05, 0) is 91.8 Å². The van der Waals surface area contributed by atoms with E-state index in [-0.39, 0.29) is 41.1 Å². The number of amides is 2. The van der Waals surface area contributed by atoms with Gasteiger partial charge in [0.15, 0.2) is 5.82 Å². The van der Waals surface area contributed by atoms with Crippen LogP contribution in [-0.4, -0.2) is 91.5 Å². The SMILES string of the molecule is CCCS(=O)(=O)Nc1cccc(-c2cn(-c3ccc(N4CCN(CC5CCN(c6ccc([C@@H]7CCC(=O)NC7=O)cc6F)CC5)CC4)cc3)nc2-c2ccncc2)c1F. The van der Waals surface area contributed by atoms with Crippen LogP contribution >= 0.6 is 0 Å². The highest BCUT2D eigenvalue weighted by molar-refractivity contribution is 7.92. The number of anilines is 3. The summed E-state index contributed by atoms with van der Waals surface area (Å²) in [5, 5.41) is 7.24. The van der Waals surface area contributed by atoms with E-state index in [0.29, 0.717) is 41.3 Å². The highest BCUT2D eigenvalue weighted by Gasteiger charge is 2.30. The molecule has 3 aromatic carbocycles. The third kappa shape index (κ3) is 9.00. The summed E-state index contributed by atoms with van der Waals surface area (Å²) in [5.41, 5.74) is 5.00. The van der Waals surface area contributed by atoms with Gasteiger partial charge in [-0.2, -0.15) is 5.10 Å². The number of pyridine rings is 1. The van der Waals surface area contributed by atoms with Gasteiger partial charge in [0.1, 0.15) is 11.5 Å². The highest BCUT2D eigenvalue weighted by Crippen LogP contribution is 2.37. The van der Waals surface area contributed by atoms with Crippen LogP contribution in [0, 0.1) is 17.6 Å². The fourth-order valence-corrected chi connectivity index (χ4v) is 9.60. The summed E-state index contributed by atoms with van der Waals surface area (Å²) in [6.07, 6.45) is 8.10. The van der Waals surface area contributed by atoms with Crippen LogP contribution in [0.1, 0.15) is 50.5 Å². The van der Waals surface area contributed by atoms with Crippen molar-refractivity contribution in [1.82, 2.24) is 25.0 Å². The fourth-order valence-electron chi connectivity index (χ4n) is 8.47. The molecule has 15 heteroatoms.